The van der Waals surface area contributed by atoms with Gasteiger partial charge in [-0.1, -0.05) is 18.5 Å². The highest BCUT2D eigenvalue weighted by Crippen LogP contribution is 2.36. The molecule has 0 aliphatic rings. The van der Waals surface area contributed by atoms with Crippen LogP contribution in [0.3, 0.4) is 0 Å². The standard InChI is InChI=1S/C19H20ClF3N2O4S/c1-3-10-29-15-7-5-14(6-8-15)25(30(2,27)28)12-18(26)24-13-4-9-17(20)16(11-13)19(21,22)23/h4-9,11H,3,10,12H2,1-2H3,(H,24,26). The minimum Gasteiger partial charge on any atom is -0.494 e. The van der Waals surface area contributed by atoms with Crippen LogP contribution in [0.1, 0.15) is 18.9 Å². The molecule has 30 heavy (non-hydrogen) atoms. The molecule has 0 aliphatic heterocycles. The zero-order valence-corrected chi connectivity index (χ0v) is 17.7. The Hall–Kier alpha value is -2.46. The van der Waals surface area contributed by atoms with Crippen LogP contribution >= 0.6 is 11.6 Å². The zero-order chi connectivity index (χ0) is 22.5. The zero-order valence-electron chi connectivity index (χ0n) is 16.2. The number of alkyl halides is 3. The van der Waals surface area contributed by atoms with E-state index in [0.29, 0.717) is 18.4 Å². The second-order valence-corrected chi connectivity index (χ2v) is 8.67. The molecule has 0 saturated carbocycles. The van der Waals surface area contributed by atoms with Gasteiger partial charge in [-0.3, -0.25) is 9.10 Å². The predicted molar refractivity (Wildman–Crippen MR) is 110 cm³/mol. The molecule has 0 fully saturated rings. The molecule has 6 nitrogen and oxygen atoms in total. The minimum atomic E-state index is -4.70. The van der Waals surface area contributed by atoms with Crippen molar-refractivity contribution in [2.45, 2.75) is 19.5 Å². The van der Waals surface area contributed by atoms with Crippen molar-refractivity contribution in [3.05, 3.63) is 53.1 Å². The maximum absolute atomic E-state index is 13.0. The Morgan fingerprint density at radius 2 is 1.80 bits per heavy atom. The molecule has 164 valence electrons. The highest BCUT2D eigenvalue weighted by atomic mass is 35.5. The molecule has 1 N–H and O–H groups in total. The van der Waals surface area contributed by atoms with Crippen LogP contribution in [0.15, 0.2) is 42.5 Å². The molecular formula is C19H20ClF3N2O4S. The van der Waals surface area contributed by atoms with Crippen molar-refractivity contribution in [3.63, 3.8) is 0 Å². The summed E-state index contributed by atoms with van der Waals surface area (Å²) in [5.41, 5.74) is -1.05. The van der Waals surface area contributed by atoms with E-state index in [1.807, 2.05) is 6.92 Å². The summed E-state index contributed by atoms with van der Waals surface area (Å²) in [7, 11) is -3.84. The van der Waals surface area contributed by atoms with E-state index in [1.165, 1.54) is 18.2 Å². The molecule has 2 rings (SSSR count). The summed E-state index contributed by atoms with van der Waals surface area (Å²) < 4.78 is 69.5. The lowest BCUT2D eigenvalue weighted by Gasteiger charge is -2.22. The van der Waals surface area contributed by atoms with Crippen LogP contribution in [0.5, 0.6) is 5.75 Å². The lowest BCUT2D eigenvalue weighted by molar-refractivity contribution is -0.137. The van der Waals surface area contributed by atoms with Crippen LogP contribution in [0, 0.1) is 0 Å². The first kappa shape index (κ1) is 23.8. The average molecular weight is 465 g/mol. The molecule has 0 saturated heterocycles. The summed E-state index contributed by atoms with van der Waals surface area (Å²) in [6.07, 6.45) is -2.97. The van der Waals surface area contributed by atoms with Crippen LogP contribution in [-0.2, 0) is 21.0 Å². The Kier molecular flexibility index (Phi) is 7.59. The molecule has 1 amide bonds. The summed E-state index contributed by atoms with van der Waals surface area (Å²) >= 11 is 5.56. The molecule has 2 aromatic rings. The number of nitrogens with zero attached hydrogens (tertiary/aromatic N) is 1. The first-order valence-corrected chi connectivity index (χ1v) is 11.0. The van der Waals surface area contributed by atoms with Gasteiger partial charge in [-0.15, -0.1) is 0 Å². The third-order valence-corrected chi connectivity index (χ3v) is 5.31. The van der Waals surface area contributed by atoms with Crippen molar-refractivity contribution in [2.75, 3.05) is 29.0 Å². The molecule has 0 bridgehead atoms. The lowest BCUT2D eigenvalue weighted by atomic mass is 10.2. The van der Waals surface area contributed by atoms with Gasteiger partial charge < -0.3 is 10.1 Å². The molecule has 0 atom stereocenters. The second kappa shape index (κ2) is 9.57. The van der Waals surface area contributed by atoms with Gasteiger partial charge in [-0.05, 0) is 48.9 Å². The molecule has 0 unspecified atom stereocenters. The second-order valence-electron chi connectivity index (χ2n) is 6.35. The van der Waals surface area contributed by atoms with E-state index in [9.17, 15) is 26.4 Å². The number of anilines is 2. The van der Waals surface area contributed by atoms with Gasteiger partial charge in [-0.25, -0.2) is 8.42 Å². The Balaban J connectivity index is 2.19. The molecular weight excluding hydrogens is 445 g/mol. The van der Waals surface area contributed by atoms with Gasteiger partial charge in [0, 0.05) is 5.69 Å². The van der Waals surface area contributed by atoms with Crippen molar-refractivity contribution < 1.29 is 31.1 Å². The Bertz CT molecular complexity index is 996. The van der Waals surface area contributed by atoms with E-state index in [4.69, 9.17) is 16.3 Å². The number of carbonyl (C=O) groups is 1. The van der Waals surface area contributed by atoms with E-state index >= 15 is 0 Å². The van der Waals surface area contributed by atoms with E-state index in [1.54, 1.807) is 12.1 Å². The Morgan fingerprint density at radius 1 is 1.17 bits per heavy atom. The molecule has 0 aliphatic carbocycles. The molecule has 2 aromatic carbocycles. The molecule has 0 heterocycles. The number of halogens is 4. The number of benzene rings is 2. The van der Waals surface area contributed by atoms with Crippen molar-refractivity contribution in [1.82, 2.24) is 0 Å². The van der Waals surface area contributed by atoms with Gasteiger partial charge in [0.25, 0.3) is 0 Å². The Morgan fingerprint density at radius 3 is 2.33 bits per heavy atom. The van der Waals surface area contributed by atoms with Crippen molar-refractivity contribution in [3.8, 4) is 5.75 Å². The van der Waals surface area contributed by atoms with E-state index in [2.05, 4.69) is 5.32 Å². The average Bonchev–Trinajstić information content (AvgIpc) is 2.65. The maximum Gasteiger partial charge on any atom is 0.417 e. The smallest absolute Gasteiger partial charge is 0.417 e. The number of rotatable bonds is 8. The van der Waals surface area contributed by atoms with E-state index in [-0.39, 0.29) is 11.4 Å². The highest BCUT2D eigenvalue weighted by Gasteiger charge is 2.33. The summed E-state index contributed by atoms with van der Waals surface area (Å²) in [4.78, 5) is 12.3. The number of amides is 1. The monoisotopic (exact) mass is 464 g/mol. The predicted octanol–water partition coefficient (Wildman–Crippen LogP) is 4.55. The summed E-state index contributed by atoms with van der Waals surface area (Å²) in [6, 6.07) is 8.97. The molecule has 0 spiro atoms. The van der Waals surface area contributed by atoms with Gasteiger partial charge >= 0.3 is 6.18 Å². The van der Waals surface area contributed by atoms with Crippen LogP contribution in [0.25, 0.3) is 0 Å². The minimum absolute atomic E-state index is 0.159. The van der Waals surface area contributed by atoms with Crippen molar-refractivity contribution >= 4 is 38.9 Å². The third-order valence-electron chi connectivity index (χ3n) is 3.84. The third kappa shape index (κ3) is 6.53. The normalized spacial score (nSPS) is 11.8. The summed E-state index contributed by atoms with van der Waals surface area (Å²) in [5, 5.41) is 1.75. The number of nitrogens with one attached hydrogen (secondary N) is 1. The summed E-state index contributed by atoms with van der Waals surface area (Å²) in [6.45, 7) is 1.81. The van der Waals surface area contributed by atoms with E-state index < -0.39 is 39.2 Å². The van der Waals surface area contributed by atoms with Crippen LogP contribution in [0.2, 0.25) is 5.02 Å². The first-order chi connectivity index (χ1) is 13.9. The highest BCUT2D eigenvalue weighted by molar-refractivity contribution is 7.92. The number of ether oxygens (including phenoxy) is 1. The molecule has 0 aromatic heterocycles. The fourth-order valence-electron chi connectivity index (χ4n) is 2.48. The van der Waals surface area contributed by atoms with Crippen molar-refractivity contribution in [1.29, 1.82) is 0 Å². The van der Waals surface area contributed by atoms with Crippen LogP contribution in [0.4, 0.5) is 24.5 Å². The lowest BCUT2D eigenvalue weighted by Crippen LogP contribution is -2.37. The van der Waals surface area contributed by atoms with Gasteiger partial charge in [-0.2, -0.15) is 13.2 Å². The summed E-state index contributed by atoms with van der Waals surface area (Å²) in [5.74, 6) is -0.276. The maximum atomic E-state index is 13.0. The van der Waals surface area contributed by atoms with Crippen molar-refractivity contribution in [2.24, 2.45) is 0 Å². The van der Waals surface area contributed by atoms with Gasteiger partial charge in [0.15, 0.2) is 0 Å². The Labute approximate surface area is 177 Å². The van der Waals surface area contributed by atoms with Gasteiger partial charge in [0.1, 0.15) is 12.3 Å². The number of hydrogen-bond acceptors (Lipinski definition) is 4. The molecule has 0 radical (unpaired) electrons. The topological polar surface area (TPSA) is 75.7 Å². The van der Waals surface area contributed by atoms with E-state index in [0.717, 1.165) is 23.0 Å². The molecule has 11 heteroatoms. The van der Waals surface area contributed by atoms with Gasteiger partial charge in [0.05, 0.1) is 29.1 Å². The number of hydrogen-bond donors (Lipinski definition) is 1. The van der Waals surface area contributed by atoms with Crippen LogP contribution in [-0.4, -0.2) is 33.7 Å². The quantitative estimate of drug-likeness (QED) is 0.621. The fourth-order valence-corrected chi connectivity index (χ4v) is 3.56. The number of sulfonamides is 1. The largest absolute Gasteiger partial charge is 0.494 e. The SMILES string of the molecule is CCCOc1ccc(N(CC(=O)Nc2ccc(Cl)c(C(F)(F)F)c2)S(C)(=O)=O)cc1. The number of carbonyl (C=O) groups excluding carboxylic acids is 1. The first-order valence-electron chi connectivity index (χ1n) is 8.79. The van der Waals surface area contributed by atoms with Gasteiger partial charge in [0.2, 0.25) is 15.9 Å². The fraction of sp³-hybridized carbons (Fsp3) is 0.316. The van der Waals surface area contributed by atoms with Crippen LogP contribution < -0.4 is 14.4 Å².